The molecule has 1 aromatic rings. The van der Waals surface area contributed by atoms with E-state index in [1.807, 2.05) is 0 Å². The Kier molecular flexibility index (Phi) is 4.63. The number of rotatable bonds is 5. The quantitative estimate of drug-likeness (QED) is 0.845. The molecule has 0 amide bonds. The fourth-order valence-electron chi connectivity index (χ4n) is 1.42. The van der Waals surface area contributed by atoms with E-state index in [4.69, 9.17) is 16.7 Å². The lowest BCUT2D eigenvalue weighted by atomic mass is 9.81. The Morgan fingerprint density at radius 2 is 2.06 bits per heavy atom. The normalized spacial score (nSPS) is 11.7. The molecule has 0 saturated heterocycles. The molecule has 18 heavy (non-hydrogen) atoms. The second-order valence-electron chi connectivity index (χ2n) is 5.46. The Hall–Kier alpha value is -1.22. The number of aromatic carboxylic acids is 1. The van der Waals surface area contributed by atoms with E-state index in [1.54, 1.807) is 18.2 Å². The van der Waals surface area contributed by atoms with Crippen LogP contribution in [0.5, 0.6) is 0 Å². The second kappa shape index (κ2) is 5.61. The van der Waals surface area contributed by atoms with Gasteiger partial charge in [0.2, 0.25) is 0 Å². The van der Waals surface area contributed by atoms with Gasteiger partial charge in [0.05, 0.1) is 10.7 Å². The SMILES string of the molecule is CC(C)C(C)(C)CNc1cccc(Cl)c1C(=O)O. The predicted octanol–water partition coefficient (Wildman–Crippen LogP) is 4.13. The largest absolute Gasteiger partial charge is 0.478 e. The summed E-state index contributed by atoms with van der Waals surface area (Å²) in [5.41, 5.74) is 0.792. The molecule has 100 valence electrons. The van der Waals surface area contributed by atoms with Crippen LogP contribution in [0, 0.1) is 11.3 Å². The summed E-state index contributed by atoms with van der Waals surface area (Å²) in [6.45, 7) is 9.30. The maximum absolute atomic E-state index is 11.2. The number of carbonyl (C=O) groups is 1. The Morgan fingerprint density at radius 1 is 1.44 bits per heavy atom. The highest BCUT2D eigenvalue weighted by molar-refractivity contribution is 6.34. The van der Waals surface area contributed by atoms with Gasteiger partial charge in [-0.1, -0.05) is 45.4 Å². The Morgan fingerprint density at radius 3 is 2.56 bits per heavy atom. The molecule has 2 N–H and O–H groups in total. The number of benzene rings is 1. The summed E-state index contributed by atoms with van der Waals surface area (Å²) in [5, 5.41) is 12.6. The summed E-state index contributed by atoms with van der Waals surface area (Å²) in [7, 11) is 0. The maximum atomic E-state index is 11.2. The summed E-state index contributed by atoms with van der Waals surface area (Å²) in [6.07, 6.45) is 0. The monoisotopic (exact) mass is 269 g/mol. The van der Waals surface area contributed by atoms with E-state index in [9.17, 15) is 4.79 Å². The van der Waals surface area contributed by atoms with Crippen molar-refractivity contribution in [2.45, 2.75) is 27.7 Å². The Bertz CT molecular complexity index is 441. The highest BCUT2D eigenvalue weighted by atomic mass is 35.5. The summed E-state index contributed by atoms with van der Waals surface area (Å²) in [4.78, 5) is 11.2. The number of nitrogens with one attached hydrogen (secondary N) is 1. The summed E-state index contributed by atoms with van der Waals surface area (Å²) in [5.74, 6) is -0.511. The zero-order valence-electron chi connectivity index (χ0n) is 11.2. The van der Waals surface area contributed by atoms with E-state index in [1.165, 1.54) is 0 Å². The van der Waals surface area contributed by atoms with Gasteiger partial charge in [-0.25, -0.2) is 4.79 Å². The van der Waals surface area contributed by atoms with Gasteiger partial charge in [0.1, 0.15) is 5.56 Å². The lowest BCUT2D eigenvalue weighted by Gasteiger charge is -2.30. The average Bonchev–Trinajstić information content (AvgIpc) is 2.25. The van der Waals surface area contributed by atoms with Gasteiger partial charge in [-0.05, 0) is 23.5 Å². The van der Waals surface area contributed by atoms with E-state index in [2.05, 4.69) is 33.0 Å². The highest BCUT2D eigenvalue weighted by Crippen LogP contribution is 2.29. The van der Waals surface area contributed by atoms with Crippen molar-refractivity contribution in [3.63, 3.8) is 0 Å². The van der Waals surface area contributed by atoms with Gasteiger partial charge >= 0.3 is 5.97 Å². The summed E-state index contributed by atoms with van der Waals surface area (Å²) < 4.78 is 0. The second-order valence-corrected chi connectivity index (χ2v) is 5.87. The molecule has 0 radical (unpaired) electrons. The molecule has 0 fully saturated rings. The van der Waals surface area contributed by atoms with Crippen molar-refractivity contribution in [1.82, 2.24) is 0 Å². The van der Waals surface area contributed by atoms with Gasteiger partial charge in [0.15, 0.2) is 0 Å². The minimum atomic E-state index is -1.01. The molecular formula is C14H20ClNO2. The fraction of sp³-hybridized carbons (Fsp3) is 0.500. The first kappa shape index (κ1) is 14.8. The Balaban J connectivity index is 2.92. The zero-order valence-corrected chi connectivity index (χ0v) is 12.0. The van der Waals surface area contributed by atoms with Crippen molar-refractivity contribution in [1.29, 1.82) is 0 Å². The third kappa shape index (κ3) is 3.39. The number of halogens is 1. The predicted molar refractivity (Wildman–Crippen MR) is 75.5 cm³/mol. The van der Waals surface area contributed by atoms with Crippen LogP contribution in [0.2, 0.25) is 5.02 Å². The van der Waals surface area contributed by atoms with Gasteiger partial charge < -0.3 is 10.4 Å². The van der Waals surface area contributed by atoms with Crippen LogP contribution in [0.3, 0.4) is 0 Å². The molecule has 0 unspecified atom stereocenters. The van der Waals surface area contributed by atoms with Crippen LogP contribution in [0.1, 0.15) is 38.1 Å². The van der Waals surface area contributed by atoms with Crippen LogP contribution in [0.15, 0.2) is 18.2 Å². The van der Waals surface area contributed by atoms with Crippen LogP contribution in [0.25, 0.3) is 0 Å². The number of carboxylic acid groups (broad SMARTS) is 1. The number of carboxylic acids is 1. The van der Waals surface area contributed by atoms with Crippen molar-refractivity contribution in [2.24, 2.45) is 11.3 Å². The standard InChI is InChI=1S/C14H20ClNO2/c1-9(2)14(3,4)8-16-11-7-5-6-10(15)12(11)13(17)18/h5-7,9,16H,8H2,1-4H3,(H,17,18). The van der Waals surface area contributed by atoms with Gasteiger partial charge in [0, 0.05) is 6.54 Å². The van der Waals surface area contributed by atoms with Crippen molar-refractivity contribution in [3.8, 4) is 0 Å². The summed E-state index contributed by atoms with van der Waals surface area (Å²) in [6, 6.07) is 5.08. The molecule has 0 saturated carbocycles. The van der Waals surface area contributed by atoms with E-state index >= 15 is 0 Å². The van der Waals surface area contributed by atoms with Gasteiger partial charge in [-0.3, -0.25) is 0 Å². The third-order valence-electron chi connectivity index (χ3n) is 3.52. The first-order valence-electron chi connectivity index (χ1n) is 6.01. The molecular weight excluding hydrogens is 250 g/mol. The summed E-state index contributed by atoms with van der Waals surface area (Å²) >= 11 is 5.92. The number of hydrogen-bond donors (Lipinski definition) is 2. The fourth-order valence-corrected chi connectivity index (χ4v) is 1.67. The van der Waals surface area contributed by atoms with Crippen LogP contribution in [-0.2, 0) is 0 Å². The van der Waals surface area contributed by atoms with Crippen LogP contribution in [-0.4, -0.2) is 17.6 Å². The highest BCUT2D eigenvalue weighted by Gasteiger charge is 2.23. The lowest BCUT2D eigenvalue weighted by Crippen LogP contribution is -2.29. The minimum Gasteiger partial charge on any atom is -0.478 e. The van der Waals surface area contributed by atoms with E-state index in [0.29, 0.717) is 18.2 Å². The average molecular weight is 270 g/mol. The lowest BCUT2D eigenvalue weighted by molar-refractivity contribution is 0.0698. The van der Waals surface area contributed by atoms with Crippen molar-refractivity contribution in [2.75, 3.05) is 11.9 Å². The van der Waals surface area contributed by atoms with E-state index < -0.39 is 5.97 Å². The molecule has 0 aromatic heterocycles. The van der Waals surface area contributed by atoms with Crippen LogP contribution < -0.4 is 5.32 Å². The molecule has 0 aliphatic heterocycles. The molecule has 4 heteroatoms. The smallest absolute Gasteiger partial charge is 0.339 e. The first-order valence-corrected chi connectivity index (χ1v) is 6.39. The molecule has 1 aromatic carbocycles. The van der Waals surface area contributed by atoms with Crippen LogP contribution in [0.4, 0.5) is 5.69 Å². The van der Waals surface area contributed by atoms with Gasteiger partial charge in [-0.2, -0.15) is 0 Å². The van der Waals surface area contributed by atoms with Crippen LogP contribution >= 0.6 is 11.6 Å². The van der Waals surface area contributed by atoms with Gasteiger partial charge in [0.25, 0.3) is 0 Å². The molecule has 0 bridgehead atoms. The number of anilines is 1. The number of hydrogen-bond acceptors (Lipinski definition) is 2. The first-order chi connectivity index (χ1) is 8.25. The molecule has 0 atom stereocenters. The minimum absolute atomic E-state index is 0.0814. The maximum Gasteiger partial charge on any atom is 0.339 e. The third-order valence-corrected chi connectivity index (χ3v) is 3.84. The molecule has 1 rings (SSSR count). The van der Waals surface area contributed by atoms with Crippen molar-refractivity contribution in [3.05, 3.63) is 28.8 Å². The molecule has 0 spiro atoms. The zero-order chi connectivity index (χ0) is 13.9. The topological polar surface area (TPSA) is 49.3 Å². The van der Waals surface area contributed by atoms with Crippen molar-refractivity contribution >= 4 is 23.3 Å². The molecule has 0 heterocycles. The Labute approximate surface area is 113 Å². The van der Waals surface area contributed by atoms with E-state index in [0.717, 1.165) is 0 Å². The van der Waals surface area contributed by atoms with Gasteiger partial charge in [-0.15, -0.1) is 0 Å². The molecule has 0 aliphatic rings. The molecule has 3 nitrogen and oxygen atoms in total. The molecule has 0 aliphatic carbocycles. The van der Waals surface area contributed by atoms with E-state index in [-0.39, 0.29) is 16.0 Å². The van der Waals surface area contributed by atoms with Crippen molar-refractivity contribution < 1.29 is 9.90 Å².